The quantitative estimate of drug-likeness (QED) is 0.559. The Kier molecular flexibility index (Phi) is 1.88. The minimum absolute atomic E-state index is 0.0296. The van der Waals surface area contributed by atoms with Gasteiger partial charge in [0.25, 0.3) is 0 Å². The number of ether oxygens (including phenoxy) is 1. The molecule has 2 rings (SSSR count). The fraction of sp³-hybridized carbons (Fsp3) is 0.875. The van der Waals surface area contributed by atoms with Gasteiger partial charge in [-0.2, -0.15) is 0 Å². The summed E-state index contributed by atoms with van der Waals surface area (Å²) in [6.07, 6.45) is -1.47. The van der Waals surface area contributed by atoms with E-state index in [-0.39, 0.29) is 18.4 Å². The summed E-state index contributed by atoms with van der Waals surface area (Å²) in [7, 11) is 0. The van der Waals surface area contributed by atoms with E-state index in [0.717, 1.165) is 6.54 Å². The zero-order valence-corrected chi connectivity index (χ0v) is 7.00. The molecule has 0 amide bonds. The predicted octanol–water partition coefficient (Wildman–Crippen LogP) is -0.00350. The molecule has 2 aliphatic heterocycles. The molecule has 2 aliphatic rings. The van der Waals surface area contributed by atoms with Crippen molar-refractivity contribution >= 4 is 5.78 Å². The first kappa shape index (κ1) is 8.13. The molecule has 0 aromatic carbocycles. The topological polar surface area (TPSA) is 29.5 Å². The molecular weight excluding hydrogens is 161 g/mol. The van der Waals surface area contributed by atoms with Crippen molar-refractivity contribution < 1.29 is 13.9 Å². The first-order valence-corrected chi connectivity index (χ1v) is 4.26. The maximum Gasteiger partial charge on any atom is 0.178 e. The highest BCUT2D eigenvalue weighted by atomic mass is 19.1. The SMILES string of the molecule is CCN1C[C@H](F)[C@H]2OCC(=O)[C@H]21. The molecule has 0 saturated carbocycles. The van der Waals surface area contributed by atoms with Crippen molar-refractivity contribution in [3.8, 4) is 0 Å². The summed E-state index contributed by atoms with van der Waals surface area (Å²) in [5, 5.41) is 0. The van der Waals surface area contributed by atoms with Crippen LogP contribution >= 0.6 is 0 Å². The number of rotatable bonds is 1. The smallest absolute Gasteiger partial charge is 0.178 e. The average Bonchev–Trinajstić information content (AvgIpc) is 2.56. The van der Waals surface area contributed by atoms with Crippen LogP contribution in [-0.2, 0) is 9.53 Å². The van der Waals surface area contributed by atoms with Crippen molar-refractivity contribution in [2.24, 2.45) is 0 Å². The maximum atomic E-state index is 13.2. The average molecular weight is 173 g/mol. The lowest BCUT2D eigenvalue weighted by atomic mass is 10.1. The normalized spacial score (nSPS) is 42.2. The van der Waals surface area contributed by atoms with E-state index >= 15 is 0 Å². The molecule has 0 N–H and O–H groups in total. The van der Waals surface area contributed by atoms with Gasteiger partial charge in [-0.15, -0.1) is 0 Å². The molecule has 0 unspecified atom stereocenters. The lowest BCUT2D eigenvalue weighted by Crippen LogP contribution is -2.37. The second kappa shape index (κ2) is 2.78. The van der Waals surface area contributed by atoms with Gasteiger partial charge in [-0.25, -0.2) is 4.39 Å². The third-order valence-electron chi connectivity index (χ3n) is 2.62. The summed E-state index contributed by atoms with van der Waals surface area (Å²) in [6.45, 7) is 3.08. The molecule has 3 nitrogen and oxygen atoms in total. The van der Waals surface area contributed by atoms with E-state index in [1.54, 1.807) is 0 Å². The number of nitrogens with zero attached hydrogens (tertiary/aromatic N) is 1. The minimum Gasteiger partial charge on any atom is -0.365 e. The van der Waals surface area contributed by atoms with Gasteiger partial charge in [-0.3, -0.25) is 9.69 Å². The fourth-order valence-corrected chi connectivity index (χ4v) is 2.02. The van der Waals surface area contributed by atoms with Crippen molar-refractivity contribution in [2.45, 2.75) is 25.2 Å². The second-order valence-electron chi connectivity index (χ2n) is 3.29. The number of ketones is 1. The van der Waals surface area contributed by atoms with E-state index in [0.29, 0.717) is 6.54 Å². The van der Waals surface area contributed by atoms with E-state index in [1.807, 2.05) is 11.8 Å². The Balaban J connectivity index is 2.18. The highest BCUT2D eigenvalue weighted by Gasteiger charge is 2.50. The third-order valence-corrected chi connectivity index (χ3v) is 2.62. The largest absolute Gasteiger partial charge is 0.365 e. The van der Waals surface area contributed by atoms with Crippen molar-refractivity contribution in [3.63, 3.8) is 0 Å². The minimum atomic E-state index is -0.985. The van der Waals surface area contributed by atoms with Crippen LogP contribution in [-0.4, -0.2) is 48.7 Å². The molecular formula is C8H12FNO2. The van der Waals surface area contributed by atoms with Gasteiger partial charge < -0.3 is 4.74 Å². The van der Waals surface area contributed by atoms with Gasteiger partial charge in [0.1, 0.15) is 24.9 Å². The standard InChI is InChI=1S/C8H12FNO2/c1-2-10-3-5(9)8-7(10)6(11)4-12-8/h5,7-8H,2-4H2,1H3/t5-,7+,8+/m0/s1. The first-order chi connectivity index (χ1) is 5.74. The summed E-state index contributed by atoms with van der Waals surface area (Å²) < 4.78 is 18.2. The summed E-state index contributed by atoms with van der Waals surface area (Å²) in [5.41, 5.74) is 0. The Morgan fingerprint density at radius 3 is 3.17 bits per heavy atom. The highest BCUT2D eigenvalue weighted by molar-refractivity contribution is 5.88. The van der Waals surface area contributed by atoms with Gasteiger partial charge in [0.15, 0.2) is 5.78 Å². The third kappa shape index (κ3) is 0.983. The van der Waals surface area contributed by atoms with E-state index in [4.69, 9.17) is 4.74 Å². The van der Waals surface area contributed by atoms with Crippen LogP contribution in [0.25, 0.3) is 0 Å². The summed E-state index contributed by atoms with van der Waals surface area (Å²) >= 11 is 0. The van der Waals surface area contributed by atoms with Crippen molar-refractivity contribution in [1.82, 2.24) is 4.90 Å². The number of alkyl halides is 1. The van der Waals surface area contributed by atoms with Gasteiger partial charge in [0.2, 0.25) is 0 Å². The number of fused-ring (bicyclic) bond motifs is 1. The Bertz CT molecular complexity index is 209. The molecule has 2 saturated heterocycles. The van der Waals surface area contributed by atoms with E-state index in [9.17, 15) is 9.18 Å². The number of carbonyl (C=O) groups is 1. The van der Waals surface area contributed by atoms with Crippen LogP contribution in [0.2, 0.25) is 0 Å². The van der Waals surface area contributed by atoms with Crippen molar-refractivity contribution in [2.75, 3.05) is 19.7 Å². The van der Waals surface area contributed by atoms with Crippen LogP contribution in [0.3, 0.4) is 0 Å². The van der Waals surface area contributed by atoms with Crippen LogP contribution in [0.5, 0.6) is 0 Å². The molecule has 12 heavy (non-hydrogen) atoms. The molecule has 68 valence electrons. The molecule has 0 aromatic rings. The number of halogens is 1. The zero-order valence-electron chi connectivity index (χ0n) is 7.00. The predicted molar refractivity (Wildman–Crippen MR) is 40.7 cm³/mol. The number of Topliss-reactive ketones (excluding diaryl/α,β-unsaturated/α-hetero) is 1. The summed E-state index contributed by atoms with van der Waals surface area (Å²) in [4.78, 5) is 13.1. The van der Waals surface area contributed by atoms with Crippen molar-refractivity contribution in [1.29, 1.82) is 0 Å². The monoisotopic (exact) mass is 173 g/mol. The molecule has 2 heterocycles. The fourth-order valence-electron chi connectivity index (χ4n) is 2.02. The van der Waals surface area contributed by atoms with E-state index in [1.165, 1.54) is 0 Å². The van der Waals surface area contributed by atoms with E-state index < -0.39 is 12.3 Å². The van der Waals surface area contributed by atoms with Crippen LogP contribution < -0.4 is 0 Å². The van der Waals surface area contributed by atoms with Crippen molar-refractivity contribution in [3.05, 3.63) is 0 Å². The van der Waals surface area contributed by atoms with Gasteiger partial charge >= 0.3 is 0 Å². The number of carbonyl (C=O) groups excluding carboxylic acids is 1. The Labute approximate surface area is 70.5 Å². The first-order valence-electron chi connectivity index (χ1n) is 4.26. The Morgan fingerprint density at radius 1 is 1.75 bits per heavy atom. The molecule has 0 aromatic heterocycles. The second-order valence-corrected chi connectivity index (χ2v) is 3.29. The summed E-state index contributed by atoms with van der Waals surface area (Å²) in [5.74, 6) is 0.0296. The van der Waals surface area contributed by atoms with Crippen LogP contribution in [0.4, 0.5) is 4.39 Å². The molecule has 4 heteroatoms. The van der Waals surface area contributed by atoms with Gasteiger partial charge in [-0.1, -0.05) is 6.92 Å². The molecule has 0 bridgehead atoms. The number of likely N-dealkylation sites (tertiary alicyclic amines) is 1. The Morgan fingerprint density at radius 2 is 2.50 bits per heavy atom. The molecule has 3 atom stereocenters. The number of hydrogen-bond donors (Lipinski definition) is 0. The zero-order chi connectivity index (χ0) is 8.72. The highest BCUT2D eigenvalue weighted by Crippen LogP contribution is 2.28. The molecule has 0 radical (unpaired) electrons. The van der Waals surface area contributed by atoms with Crippen LogP contribution in [0, 0.1) is 0 Å². The van der Waals surface area contributed by atoms with Crippen LogP contribution in [0.1, 0.15) is 6.92 Å². The number of likely N-dealkylation sites (N-methyl/N-ethyl adjacent to an activating group) is 1. The molecule has 0 aliphatic carbocycles. The maximum absolute atomic E-state index is 13.2. The molecule has 0 spiro atoms. The van der Waals surface area contributed by atoms with Gasteiger partial charge in [-0.05, 0) is 6.54 Å². The van der Waals surface area contributed by atoms with Gasteiger partial charge in [0.05, 0.1) is 0 Å². The number of hydrogen-bond acceptors (Lipinski definition) is 3. The molecule has 2 fully saturated rings. The van der Waals surface area contributed by atoms with E-state index in [2.05, 4.69) is 0 Å². The van der Waals surface area contributed by atoms with Gasteiger partial charge in [0, 0.05) is 6.54 Å². The summed E-state index contributed by atoms with van der Waals surface area (Å²) in [6, 6.07) is -0.301. The van der Waals surface area contributed by atoms with Crippen LogP contribution in [0.15, 0.2) is 0 Å². The lowest BCUT2D eigenvalue weighted by molar-refractivity contribution is -0.121. The Hall–Kier alpha value is -0.480. The lowest BCUT2D eigenvalue weighted by Gasteiger charge is -2.17.